The molecule has 0 atom stereocenters. The smallest absolute Gasteiger partial charge is 0.225 e. The predicted molar refractivity (Wildman–Crippen MR) is 56.6 cm³/mol. The highest BCUT2D eigenvalue weighted by Gasteiger charge is 2.12. The van der Waals surface area contributed by atoms with Crippen LogP contribution in [0.1, 0.15) is 30.9 Å². The Balaban J connectivity index is 3.37. The number of primary sulfonamides is 1. The molecule has 0 aliphatic rings. The van der Waals surface area contributed by atoms with Crippen molar-refractivity contribution in [2.75, 3.05) is 0 Å². The molecule has 0 saturated heterocycles. The lowest BCUT2D eigenvalue weighted by Crippen LogP contribution is -2.14. The minimum atomic E-state index is -3.59. The first-order valence-electron chi connectivity index (χ1n) is 4.45. The highest BCUT2D eigenvalue weighted by atomic mass is 32.2. The fraction of sp³-hybridized carbons (Fsp3) is 0.400. The monoisotopic (exact) mass is 213 g/mol. The van der Waals surface area contributed by atoms with E-state index in [1.807, 2.05) is 19.9 Å². The molecule has 78 valence electrons. The summed E-state index contributed by atoms with van der Waals surface area (Å²) in [5, 5.41) is 5.10. The fourth-order valence-corrected chi connectivity index (χ4v) is 2.10. The molecule has 0 aliphatic carbocycles. The quantitative estimate of drug-likeness (QED) is 0.813. The van der Waals surface area contributed by atoms with Crippen LogP contribution in [-0.2, 0) is 10.0 Å². The van der Waals surface area contributed by atoms with Crippen LogP contribution in [0, 0.1) is 6.92 Å². The molecule has 0 saturated carbocycles. The minimum Gasteiger partial charge on any atom is -0.225 e. The Morgan fingerprint density at radius 1 is 1.29 bits per heavy atom. The van der Waals surface area contributed by atoms with Crippen LogP contribution in [0.15, 0.2) is 23.1 Å². The summed E-state index contributed by atoms with van der Waals surface area (Å²) in [6, 6.07) is 5.36. The summed E-state index contributed by atoms with van der Waals surface area (Å²) in [5.74, 6) is 0.302. The molecular weight excluding hydrogens is 198 g/mol. The van der Waals surface area contributed by atoms with Gasteiger partial charge in [-0.2, -0.15) is 0 Å². The lowest BCUT2D eigenvalue weighted by molar-refractivity contribution is 0.597. The van der Waals surface area contributed by atoms with Crippen molar-refractivity contribution in [1.29, 1.82) is 0 Å². The molecule has 0 heterocycles. The van der Waals surface area contributed by atoms with Gasteiger partial charge in [-0.25, -0.2) is 13.6 Å². The molecule has 0 bridgehead atoms. The van der Waals surface area contributed by atoms with E-state index < -0.39 is 10.0 Å². The number of nitrogens with two attached hydrogens (primary N) is 1. The highest BCUT2D eigenvalue weighted by molar-refractivity contribution is 7.89. The van der Waals surface area contributed by atoms with Gasteiger partial charge in [-0.15, -0.1) is 0 Å². The second kappa shape index (κ2) is 3.71. The van der Waals surface area contributed by atoms with Gasteiger partial charge in [0.1, 0.15) is 0 Å². The molecule has 1 aromatic rings. The summed E-state index contributed by atoms with van der Waals surface area (Å²) in [6.07, 6.45) is 0. The SMILES string of the molecule is Cc1ccc(C(C)C)cc1S(N)(=O)=O. The van der Waals surface area contributed by atoms with Crippen molar-refractivity contribution in [2.45, 2.75) is 31.6 Å². The first-order chi connectivity index (χ1) is 6.32. The average molecular weight is 213 g/mol. The molecule has 1 aromatic carbocycles. The van der Waals surface area contributed by atoms with E-state index in [4.69, 9.17) is 5.14 Å². The van der Waals surface area contributed by atoms with Gasteiger partial charge in [0.25, 0.3) is 0 Å². The Labute approximate surface area is 85.0 Å². The van der Waals surface area contributed by atoms with Gasteiger partial charge in [-0.05, 0) is 30.0 Å². The van der Waals surface area contributed by atoms with Crippen molar-refractivity contribution in [3.63, 3.8) is 0 Å². The Bertz CT molecular complexity index is 435. The van der Waals surface area contributed by atoms with E-state index in [0.29, 0.717) is 11.5 Å². The topological polar surface area (TPSA) is 60.2 Å². The van der Waals surface area contributed by atoms with Gasteiger partial charge in [-0.1, -0.05) is 26.0 Å². The second-order valence-corrected chi connectivity index (χ2v) is 5.25. The summed E-state index contributed by atoms with van der Waals surface area (Å²) in [5.41, 5.74) is 1.68. The number of aryl methyl sites for hydroxylation is 1. The molecule has 14 heavy (non-hydrogen) atoms. The first-order valence-corrected chi connectivity index (χ1v) is 6.00. The zero-order valence-electron chi connectivity index (χ0n) is 8.61. The van der Waals surface area contributed by atoms with Gasteiger partial charge < -0.3 is 0 Å². The number of sulfonamides is 1. The van der Waals surface area contributed by atoms with E-state index >= 15 is 0 Å². The van der Waals surface area contributed by atoms with Crippen LogP contribution < -0.4 is 5.14 Å². The van der Waals surface area contributed by atoms with E-state index in [0.717, 1.165) is 5.56 Å². The van der Waals surface area contributed by atoms with Gasteiger partial charge in [0.2, 0.25) is 10.0 Å². The summed E-state index contributed by atoms with van der Waals surface area (Å²) >= 11 is 0. The average Bonchev–Trinajstić information content (AvgIpc) is 2.02. The third-order valence-electron chi connectivity index (χ3n) is 2.19. The van der Waals surface area contributed by atoms with Crippen LogP contribution in [0.4, 0.5) is 0 Å². The summed E-state index contributed by atoms with van der Waals surface area (Å²) < 4.78 is 22.4. The standard InChI is InChI=1S/C10H15NO2S/c1-7(2)9-5-4-8(3)10(6-9)14(11,12)13/h4-7H,1-3H3,(H2,11,12,13). The van der Waals surface area contributed by atoms with Gasteiger partial charge in [-0.3, -0.25) is 0 Å². The van der Waals surface area contributed by atoms with Crippen molar-refractivity contribution in [1.82, 2.24) is 0 Å². The van der Waals surface area contributed by atoms with Gasteiger partial charge in [0, 0.05) is 0 Å². The van der Waals surface area contributed by atoms with E-state index in [1.54, 1.807) is 19.1 Å². The van der Waals surface area contributed by atoms with Crippen molar-refractivity contribution in [3.05, 3.63) is 29.3 Å². The molecule has 1 rings (SSSR count). The molecular formula is C10H15NO2S. The van der Waals surface area contributed by atoms with E-state index in [9.17, 15) is 8.42 Å². The van der Waals surface area contributed by atoms with Crippen molar-refractivity contribution >= 4 is 10.0 Å². The normalized spacial score (nSPS) is 12.1. The molecule has 0 unspecified atom stereocenters. The lowest BCUT2D eigenvalue weighted by atomic mass is 10.0. The Morgan fingerprint density at radius 3 is 2.29 bits per heavy atom. The maximum Gasteiger partial charge on any atom is 0.238 e. The molecule has 2 N–H and O–H groups in total. The van der Waals surface area contributed by atoms with Crippen LogP contribution in [0.2, 0.25) is 0 Å². The van der Waals surface area contributed by atoms with Crippen molar-refractivity contribution in [3.8, 4) is 0 Å². The Morgan fingerprint density at radius 2 is 1.86 bits per heavy atom. The Kier molecular flexibility index (Phi) is 2.97. The second-order valence-electron chi connectivity index (χ2n) is 3.72. The van der Waals surface area contributed by atoms with Crippen molar-refractivity contribution < 1.29 is 8.42 Å². The number of benzene rings is 1. The van der Waals surface area contributed by atoms with E-state index in [2.05, 4.69) is 0 Å². The largest absolute Gasteiger partial charge is 0.238 e. The number of hydrogen-bond donors (Lipinski definition) is 1. The molecule has 0 radical (unpaired) electrons. The third-order valence-corrected chi connectivity index (χ3v) is 3.24. The van der Waals surface area contributed by atoms with Gasteiger partial charge >= 0.3 is 0 Å². The zero-order chi connectivity index (χ0) is 10.9. The lowest BCUT2D eigenvalue weighted by Gasteiger charge is -2.09. The minimum absolute atomic E-state index is 0.226. The maximum atomic E-state index is 11.2. The van der Waals surface area contributed by atoms with Crippen LogP contribution in [0.25, 0.3) is 0 Å². The van der Waals surface area contributed by atoms with Crippen LogP contribution in [-0.4, -0.2) is 8.42 Å². The molecule has 0 aliphatic heterocycles. The number of rotatable bonds is 2. The maximum absolute atomic E-state index is 11.2. The van der Waals surface area contributed by atoms with E-state index in [1.165, 1.54) is 0 Å². The van der Waals surface area contributed by atoms with Gasteiger partial charge in [0.05, 0.1) is 4.90 Å². The van der Waals surface area contributed by atoms with Crippen LogP contribution in [0.5, 0.6) is 0 Å². The van der Waals surface area contributed by atoms with Crippen molar-refractivity contribution in [2.24, 2.45) is 5.14 Å². The number of hydrogen-bond acceptors (Lipinski definition) is 2. The molecule has 0 spiro atoms. The first kappa shape index (κ1) is 11.2. The molecule has 4 heteroatoms. The molecule has 0 aromatic heterocycles. The highest BCUT2D eigenvalue weighted by Crippen LogP contribution is 2.20. The summed E-state index contributed by atoms with van der Waals surface area (Å²) in [7, 11) is -3.59. The summed E-state index contributed by atoms with van der Waals surface area (Å²) in [6.45, 7) is 5.76. The fourth-order valence-electron chi connectivity index (χ4n) is 1.28. The zero-order valence-corrected chi connectivity index (χ0v) is 9.43. The molecule has 0 fully saturated rings. The summed E-state index contributed by atoms with van der Waals surface area (Å²) in [4.78, 5) is 0.226. The Hall–Kier alpha value is -0.870. The predicted octanol–water partition coefficient (Wildman–Crippen LogP) is 1.77. The van der Waals surface area contributed by atoms with Gasteiger partial charge in [0.15, 0.2) is 0 Å². The third kappa shape index (κ3) is 2.33. The van der Waals surface area contributed by atoms with Crippen LogP contribution >= 0.6 is 0 Å². The molecule has 3 nitrogen and oxygen atoms in total. The molecule has 0 amide bonds. The van der Waals surface area contributed by atoms with Crippen LogP contribution in [0.3, 0.4) is 0 Å². The van der Waals surface area contributed by atoms with E-state index in [-0.39, 0.29) is 4.90 Å².